The molecule has 6 nitrogen and oxygen atoms in total. The van der Waals surface area contributed by atoms with E-state index in [0.717, 1.165) is 9.79 Å². The predicted octanol–water partition coefficient (Wildman–Crippen LogP) is 2.08. The summed E-state index contributed by atoms with van der Waals surface area (Å²) in [6.45, 7) is 0. The van der Waals surface area contributed by atoms with Crippen molar-refractivity contribution in [3.63, 3.8) is 0 Å². The lowest BCUT2D eigenvalue weighted by Gasteiger charge is -2.13. The van der Waals surface area contributed by atoms with Gasteiger partial charge in [0.2, 0.25) is 0 Å². The van der Waals surface area contributed by atoms with Gasteiger partial charge in [-0.2, -0.15) is 0 Å². The number of benzene rings is 2. The molecule has 2 aromatic rings. The zero-order chi connectivity index (χ0) is 18.6. The Bertz CT molecular complexity index is 914. The van der Waals surface area contributed by atoms with Gasteiger partial charge < -0.3 is 10.6 Å². The van der Waals surface area contributed by atoms with Gasteiger partial charge in [-0.3, -0.25) is 9.59 Å². The molecule has 0 bridgehead atoms. The van der Waals surface area contributed by atoms with E-state index in [1.165, 1.54) is 11.8 Å². The van der Waals surface area contributed by atoms with Crippen molar-refractivity contribution < 1.29 is 18.0 Å². The summed E-state index contributed by atoms with van der Waals surface area (Å²) < 4.78 is 22.9. The van der Waals surface area contributed by atoms with Crippen LogP contribution >= 0.6 is 11.8 Å². The third-order valence-corrected chi connectivity index (χ3v) is 6.73. The van der Waals surface area contributed by atoms with Gasteiger partial charge in [0, 0.05) is 15.8 Å². The number of anilines is 1. The highest BCUT2D eigenvalue weighted by atomic mass is 32.2. The zero-order valence-corrected chi connectivity index (χ0v) is 15.5. The largest absolute Gasteiger partial charge is 0.344 e. The van der Waals surface area contributed by atoms with Crippen LogP contribution in [0, 0.1) is 0 Å². The fourth-order valence-corrected chi connectivity index (χ4v) is 5.21. The molecule has 136 valence electrons. The highest BCUT2D eigenvalue weighted by Crippen LogP contribution is 2.33. The van der Waals surface area contributed by atoms with Gasteiger partial charge in [-0.1, -0.05) is 42.1 Å². The second-order valence-electron chi connectivity index (χ2n) is 5.94. The summed E-state index contributed by atoms with van der Waals surface area (Å²) in [5.41, 5.74) is 0.528. The SMILES string of the molecule is O=C(Nc1ccccc1Sc1ccccc1)C(=O)NC1CCS(=O)(=O)C1. The number of carbonyl (C=O) groups is 2. The van der Waals surface area contributed by atoms with Gasteiger partial charge in [0.1, 0.15) is 0 Å². The fourth-order valence-electron chi connectivity index (χ4n) is 2.61. The van der Waals surface area contributed by atoms with Gasteiger partial charge in [0.15, 0.2) is 9.84 Å². The molecule has 1 atom stereocenters. The average Bonchev–Trinajstić information content (AvgIpc) is 2.96. The van der Waals surface area contributed by atoms with Crippen LogP contribution in [-0.4, -0.2) is 37.8 Å². The quantitative estimate of drug-likeness (QED) is 0.780. The van der Waals surface area contributed by atoms with Gasteiger partial charge in [-0.05, 0) is 30.7 Å². The van der Waals surface area contributed by atoms with Crippen LogP contribution in [-0.2, 0) is 19.4 Å². The Morgan fingerprint density at radius 3 is 2.35 bits per heavy atom. The van der Waals surface area contributed by atoms with Gasteiger partial charge in [-0.15, -0.1) is 0 Å². The Hall–Kier alpha value is -2.32. The van der Waals surface area contributed by atoms with Crippen LogP contribution in [0.2, 0.25) is 0 Å². The van der Waals surface area contributed by atoms with Gasteiger partial charge in [0.25, 0.3) is 0 Å². The minimum atomic E-state index is -3.12. The van der Waals surface area contributed by atoms with Gasteiger partial charge >= 0.3 is 11.8 Å². The van der Waals surface area contributed by atoms with E-state index in [0.29, 0.717) is 12.1 Å². The molecular formula is C18H18N2O4S2. The highest BCUT2D eigenvalue weighted by molar-refractivity contribution is 7.99. The maximum absolute atomic E-state index is 12.2. The molecule has 1 saturated heterocycles. The standard InChI is InChI=1S/C18H18N2O4S2/c21-17(19-13-10-11-26(23,24)12-13)18(22)20-15-8-4-5-9-16(15)25-14-6-2-1-3-7-14/h1-9,13H,10-12H2,(H,19,21)(H,20,22). The van der Waals surface area contributed by atoms with Crippen molar-refractivity contribution in [2.45, 2.75) is 22.3 Å². The molecule has 1 heterocycles. The van der Waals surface area contributed by atoms with E-state index in [2.05, 4.69) is 10.6 Å². The monoisotopic (exact) mass is 390 g/mol. The topological polar surface area (TPSA) is 92.3 Å². The Labute approximate surface area is 156 Å². The number of amides is 2. The molecule has 2 amide bonds. The molecule has 1 aliphatic heterocycles. The number of nitrogens with one attached hydrogen (secondary N) is 2. The Balaban J connectivity index is 1.65. The molecule has 0 spiro atoms. The minimum absolute atomic E-state index is 0.0378. The van der Waals surface area contributed by atoms with Crippen molar-refractivity contribution in [3.8, 4) is 0 Å². The van der Waals surface area contributed by atoms with E-state index >= 15 is 0 Å². The lowest BCUT2D eigenvalue weighted by atomic mass is 10.2. The molecule has 0 radical (unpaired) electrons. The second-order valence-corrected chi connectivity index (χ2v) is 9.28. The van der Waals surface area contributed by atoms with Crippen LogP contribution in [0.1, 0.15) is 6.42 Å². The van der Waals surface area contributed by atoms with Crippen molar-refractivity contribution in [2.24, 2.45) is 0 Å². The third kappa shape index (κ3) is 4.86. The molecular weight excluding hydrogens is 372 g/mol. The summed E-state index contributed by atoms with van der Waals surface area (Å²) in [5, 5.41) is 5.09. The van der Waals surface area contributed by atoms with E-state index in [9.17, 15) is 18.0 Å². The van der Waals surface area contributed by atoms with Gasteiger partial charge in [0.05, 0.1) is 17.2 Å². The molecule has 2 N–H and O–H groups in total. The average molecular weight is 390 g/mol. The van der Waals surface area contributed by atoms with Crippen LogP contribution < -0.4 is 10.6 Å². The van der Waals surface area contributed by atoms with E-state index in [1.54, 1.807) is 12.1 Å². The number of rotatable bonds is 4. The summed E-state index contributed by atoms with van der Waals surface area (Å²) >= 11 is 1.47. The van der Waals surface area contributed by atoms with Gasteiger partial charge in [-0.25, -0.2) is 8.42 Å². The second kappa shape index (κ2) is 7.92. The summed E-state index contributed by atoms with van der Waals surface area (Å²) in [5.74, 6) is -1.72. The zero-order valence-electron chi connectivity index (χ0n) is 13.8. The molecule has 2 aromatic carbocycles. The first-order chi connectivity index (χ1) is 12.4. The molecule has 1 fully saturated rings. The molecule has 3 rings (SSSR count). The van der Waals surface area contributed by atoms with Crippen LogP contribution in [0.25, 0.3) is 0 Å². The van der Waals surface area contributed by atoms with Crippen molar-refractivity contribution in [1.82, 2.24) is 5.32 Å². The first-order valence-corrected chi connectivity index (χ1v) is 10.7. The van der Waals surface area contributed by atoms with Crippen LogP contribution in [0.4, 0.5) is 5.69 Å². The lowest BCUT2D eigenvalue weighted by Crippen LogP contribution is -2.42. The lowest BCUT2D eigenvalue weighted by molar-refractivity contribution is -0.136. The Kier molecular flexibility index (Phi) is 5.63. The molecule has 1 unspecified atom stereocenters. The number of sulfone groups is 1. The van der Waals surface area contributed by atoms with Crippen molar-refractivity contribution >= 4 is 39.1 Å². The third-order valence-electron chi connectivity index (χ3n) is 3.88. The first kappa shape index (κ1) is 18.5. The smallest absolute Gasteiger partial charge is 0.313 e. The maximum atomic E-state index is 12.2. The van der Waals surface area contributed by atoms with Crippen molar-refractivity contribution in [2.75, 3.05) is 16.8 Å². The minimum Gasteiger partial charge on any atom is -0.344 e. The molecule has 0 aliphatic carbocycles. The predicted molar refractivity (Wildman–Crippen MR) is 101 cm³/mol. The van der Waals surface area contributed by atoms with Crippen LogP contribution in [0.3, 0.4) is 0 Å². The highest BCUT2D eigenvalue weighted by Gasteiger charge is 2.30. The Morgan fingerprint density at radius 1 is 0.962 bits per heavy atom. The van der Waals surface area contributed by atoms with E-state index in [4.69, 9.17) is 0 Å². The van der Waals surface area contributed by atoms with Crippen LogP contribution in [0.5, 0.6) is 0 Å². The summed E-state index contributed by atoms with van der Waals surface area (Å²) in [6.07, 6.45) is 0.335. The van der Waals surface area contributed by atoms with E-state index in [1.807, 2.05) is 42.5 Å². The summed E-state index contributed by atoms with van der Waals surface area (Å²) in [4.78, 5) is 26.1. The molecule has 26 heavy (non-hydrogen) atoms. The molecule has 8 heteroatoms. The van der Waals surface area contributed by atoms with E-state index < -0.39 is 27.7 Å². The maximum Gasteiger partial charge on any atom is 0.313 e. The number of carbonyl (C=O) groups excluding carboxylic acids is 2. The number of hydrogen-bond acceptors (Lipinski definition) is 5. The molecule has 0 saturated carbocycles. The molecule has 1 aliphatic rings. The summed E-state index contributed by atoms with van der Waals surface area (Å²) in [6, 6.07) is 16.4. The van der Waals surface area contributed by atoms with Crippen LogP contribution in [0.15, 0.2) is 64.4 Å². The number of hydrogen-bond donors (Lipinski definition) is 2. The van der Waals surface area contributed by atoms with Crippen molar-refractivity contribution in [1.29, 1.82) is 0 Å². The Morgan fingerprint density at radius 2 is 1.65 bits per heavy atom. The molecule has 0 aromatic heterocycles. The first-order valence-electron chi connectivity index (χ1n) is 8.07. The van der Waals surface area contributed by atoms with Crippen molar-refractivity contribution in [3.05, 3.63) is 54.6 Å². The van der Waals surface area contributed by atoms with E-state index in [-0.39, 0.29) is 11.5 Å². The normalized spacial score (nSPS) is 18.2. The summed E-state index contributed by atoms with van der Waals surface area (Å²) in [7, 11) is -3.12. The fraction of sp³-hybridized carbons (Fsp3) is 0.222. The number of para-hydroxylation sites is 1.